The molecule has 0 amide bonds. The summed E-state index contributed by atoms with van der Waals surface area (Å²) in [5.41, 5.74) is 6.07. The highest BCUT2D eigenvalue weighted by Gasteiger charge is 2.15. The molecule has 0 aliphatic rings. The number of halogens is 1. The summed E-state index contributed by atoms with van der Waals surface area (Å²) in [6.45, 7) is 0. The zero-order valence-electron chi connectivity index (χ0n) is 9.04. The molecule has 3 N–H and O–H groups in total. The van der Waals surface area contributed by atoms with E-state index >= 15 is 0 Å². The van der Waals surface area contributed by atoms with Gasteiger partial charge in [-0.05, 0) is 34.1 Å². The molecule has 2 aromatic rings. The van der Waals surface area contributed by atoms with Gasteiger partial charge in [0.15, 0.2) is 5.82 Å². The second kappa shape index (κ2) is 4.91. The SMILES string of the molecule is Nc1ccc(S(=O)(=O)Nc2cnccn2)cc1Br. The lowest BCUT2D eigenvalue weighted by molar-refractivity contribution is 0.601. The van der Waals surface area contributed by atoms with Crippen LogP contribution < -0.4 is 10.5 Å². The number of aromatic nitrogens is 2. The first-order valence-corrected chi connectivity index (χ1v) is 7.10. The number of benzene rings is 1. The lowest BCUT2D eigenvalue weighted by Crippen LogP contribution is -2.14. The first-order chi connectivity index (χ1) is 8.49. The third kappa shape index (κ3) is 2.77. The highest BCUT2D eigenvalue weighted by atomic mass is 79.9. The normalized spacial score (nSPS) is 11.2. The molecule has 0 aliphatic heterocycles. The Balaban J connectivity index is 2.34. The van der Waals surface area contributed by atoms with Gasteiger partial charge >= 0.3 is 0 Å². The van der Waals surface area contributed by atoms with Crippen molar-refractivity contribution in [3.8, 4) is 0 Å². The summed E-state index contributed by atoms with van der Waals surface area (Å²) >= 11 is 3.18. The molecule has 0 saturated carbocycles. The summed E-state index contributed by atoms with van der Waals surface area (Å²) in [6.07, 6.45) is 4.18. The van der Waals surface area contributed by atoms with Crippen LogP contribution in [0.3, 0.4) is 0 Å². The van der Waals surface area contributed by atoms with Crippen LogP contribution in [0.25, 0.3) is 0 Å². The van der Waals surface area contributed by atoms with Gasteiger partial charge in [-0.25, -0.2) is 13.4 Å². The summed E-state index contributed by atoms with van der Waals surface area (Å²) in [7, 11) is -3.69. The summed E-state index contributed by atoms with van der Waals surface area (Å²) in [4.78, 5) is 7.71. The van der Waals surface area contributed by atoms with Gasteiger partial charge in [0.1, 0.15) is 0 Å². The molecule has 1 aromatic carbocycles. The van der Waals surface area contributed by atoms with Gasteiger partial charge in [-0.2, -0.15) is 0 Å². The summed E-state index contributed by atoms with van der Waals surface area (Å²) in [5, 5.41) is 0. The molecular formula is C10H9BrN4O2S. The number of rotatable bonds is 3. The van der Waals surface area contributed by atoms with Gasteiger partial charge in [0.25, 0.3) is 10.0 Å². The van der Waals surface area contributed by atoms with E-state index in [2.05, 4.69) is 30.6 Å². The Kier molecular flexibility index (Phi) is 3.48. The predicted molar refractivity (Wildman–Crippen MR) is 71.4 cm³/mol. The topological polar surface area (TPSA) is 98.0 Å². The van der Waals surface area contributed by atoms with Crippen molar-refractivity contribution in [1.82, 2.24) is 9.97 Å². The van der Waals surface area contributed by atoms with Crippen molar-refractivity contribution in [3.63, 3.8) is 0 Å². The molecule has 0 spiro atoms. The van der Waals surface area contributed by atoms with Gasteiger partial charge in [-0.1, -0.05) is 0 Å². The molecule has 0 unspecified atom stereocenters. The van der Waals surface area contributed by atoms with E-state index in [0.717, 1.165) is 0 Å². The minimum Gasteiger partial charge on any atom is -0.398 e. The summed E-state index contributed by atoms with van der Waals surface area (Å²) < 4.78 is 26.9. The van der Waals surface area contributed by atoms with Crippen molar-refractivity contribution >= 4 is 37.5 Å². The maximum Gasteiger partial charge on any atom is 0.263 e. The van der Waals surface area contributed by atoms with Crippen molar-refractivity contribution in [2.24, 2.45) is 0 Å². The Morgan fingerprint density at radius 3 is 2.67 bits per heavy atom. The molecular weight excluding hydrogens is 320 g/mol. The van der Waals surface area contributed by atoms with Gasteiger partial charge in [-0.15, -0.1) is 0 Å². The Hall–Kier alpha value is -1.67. The van der Waals surface area contributed by atoms with Crippen LogP contribution in [0, 0.1) is 0 Å². The fraction of sp³-hybridized carbons (Fsp3) is 0. The smallest absolute Gasteiger partial charge is 0.263 e. The van der Waals surface area contributed by atoms with E-state index in [0.29, 0.717) is 10.2 Å². The van der Waals surface area contributed by atoms with E-state index in [1.807, 2.05) is 0 Å². The monoisotopic (exact) mass is 328 g/mol. The zero-order valence-corrected chi connectivity index (χ0v) is 11.4. The van der Waals surface area contributed by atoms with Crippen LogP contribution >= 0.6 is 15.9 Å². The van der Waals surface area contributed by atoms with Crippen LogP contribution in [0.4, 0.5) is 11.5 Å². The molecule has 1 heterocycles. The van der Waals surface area contributed by atoms with Crippen molar-refractivity contribution in [2.45, 2.75) is 4.90 Å². The molecule has 18 heavy (non-hydrogen) atoms. The number of hydrogen-bond donors (Lipinski definition) is 2. The van der Waals surface area contributed by atoms with Gasteiger partial charge in [0, 0.05) is 22.6 Å². The zero-order chi connectivity index (χ0) is 13.2. The molecule has 94 valence electrons. The van der Waals surface area contributed by atoms with Gasteiger partial charge < -0.3 is 5.73 Å². The summed E-state index contributed by atoms with van der Waals surface area (Å²) in [6, 6.07) is 4.35. The first kappa shape index (κ1) is 12.8. The molecule has 0 bridgehead atoms. The highest BCUT2D eigenvalue weighted by Crippen LogP contribution is 2.23. The number of nitrogen functional groups attached to an aromatic ring is 1. The fourth-order valence-electron chi connectivity index (χ4n) is 1.22. The van der Waals surface area contributed by atoms with Crippen LogP contribution in [-0.4, -0.2) is 18.4 Å². The van der Waals surface area contributed by atoms with E-state index < -0.39 is 10.0 Å². The third-order valence-corrected chi connectivity index (χ3v) is 4.12. The fourth-order valence-corrected chi connectivity index (χ4v) is 2.77. The molecule has 2 rings (SSSR count). The van der Waals surface area contributed by atoms with E-state index in [9.17, 15) is 8.42 Å². The Bertz CT molecular complexity index is 661. The number of anilines is 2. The maximum atomic E-state index is 12.0. The molecule has 0 aliphatic carbocycles. The van der Waals surface area contributed by atoms with Crippen molar-refractivity contribution < 1.29 is 8.42 Å². The second-order valence-corrected chi connectivity index (χ2v) is 5.92. The van der Waals surface area contributed by atoms with Gasteiger partial charge in [0.05, 0.1) is 11.1 Å². The molecule has 8 heteroatoms. The number of nitrogens with one attached hydrogen (secondary N) is 1. The molecule has 6 nitrogen and oxygen atoms in total. The van der Waals surface area contributed by atoms with Crippen LogP contribution in [0.2, 0.25) is 0 Å². The lowest BCUT2D eigenvalue weighted by Gasteiger charge is -2.07. The number of nitrogens with two attached hydrogens (primary N) is 1. The standard InChI is InChI=1S/C10H9BrN4O2S/c11-8-5-7(1-2-9(8)12)18(16,17)15-10-6-13-3-4-14-10/h1-6H,12H2,(H,14,15). The Morgan fingerprint density at radius 1 is 1.28 bits per heavy atom. The lowest BCUT2D eigenvalue weighted by atomic mass is 10.3. The first-order valence-electron chi connectivity index (χ1n) is 4.83. The third-order valence-electron chi connectivity index (χ3n) is 2.08. The summed E-state index contributed by atoms with van der Waals surface area (Å²) in [5.74, 6) is 0.158. The van der Waals surface area contributed by atoms with Crippen LogP contribution in [-0.2, 0) is 10.0 Å². The van der Waals surface area contributed by atoms with E-state index in [-0.39, 0.29) is 10.7 Å². The Labute approximate surface area is 112 Å². The quantitative estimate of drug-likeness (QED) is 0.834. The minimum absolute atomic E-state index is 0.0919. The van der Waals surface area contributed by atoms with Gasteiger partial charge in [0.2, 0.25) is 0 Å². The van der Waals surface area contributed by atoms with Crippen molar-refractivity contribution in [1.29, 1.82) is 0 Å². The molecule has 0 radical (unpaired) electrons. The number of sulfonamides is 1. The Morgan fingerprint density at radius 2 is 2.06 bits per heavy atom. The minimum atomic E-state index is -3.69. The van der Waals surface area contributed by atoms with Crippen LogP contribution in [0.15, 0.2) is 46.2 Å². The highest BCUT2D eigenvalue weighted by molar-refractivity contribution is 9.10. The van der Waals surface area contributed by atoms with E-state index in [4.69, 9.17) is 5.73 Å². The van der Waals surface area contributed by atoms with E-state index in [1.165, 1.54) is 36.8 Å². The van der Waals surface area contributed by atoms with Crippen LogP contribution in [0.1, 0.15) is 0 Å². The predicted octanol–water partition coefficient (Wildman–Crippen LogP) is 1.62. The second-order valence-electron chi connectivity index (χ2n) is 3.38. The largest absolute Gasteiger partial charge is 0.398 e. The van der Waals surface area contributed by atoms with Gasteiger partial charge in [-0.3, -0.25) is 9.71 Å². The average Bonchev–Trinajstić information content (AvgIpc) is 2.33. The van der Waals surface area contributed by atoms with Crippen molar-refractivity contribution in [3.05, 3.63) is 41.3 Å². The number of nitrogens with zero attached hydrogens (tertiary/aromatic N) is 2. The molecule has 1 aromatic heterocycles. The molecule has 0 atom stereocenters. The molecule has 0 saturated heterocycles. The van der Waals surface area contributed by atoms with Crippen molar-refractivity contribution in [2.75, 3.05) is 10.5 Å². The van der Waals surface area contributed by atoms with Crippen LogP contribution in [0.5, 0.6) is 0 Å². The van der Waals surface area contributed by atoms with E-state index in [1.54, 1.807) is 0 Å². The number of hydrogen-bond acceptors (Lipinski definition) is 5. The average molecular weight is 329 g/mol. The molecule has 0 fully saturated rings. The maximum absolute atomic E-state index is 12.0.